The summed E-state index contributed by atoms with van der Waals surface area (Å²) in [5, 5.41) is 5.61. The van der Waals surface area contributed by atoms with Gasteiger partial charge in [-0.25, -0.2) is 27.1 Å². The number of carbonyl (C=O) groups excluding carboxylic acids is 1. The highest BCUT2D eigenvalue weighted by atomic mass is 19.2. The molecule has 0 spiro atoms. The van der Waals surface area contributed by atoms with E-state index in [-0.39, 0.29) is 17.3 Å². The average molecular weight is 310 g/mol. The van der Waals surface area contributed by atoms with E-state index < -0.39 is 34.9 Å². The van der Waals surface area contributed by atoms with Crippen LogP contribution in [0.5, 0.6) is 0 Å². The normalized spacial score (nSPS) is 10.9. The van der Waals surface area contributed by atoms with Crippen LogP contribution in [0.15, 0.2) is 30.7 Å². The Hall–Kier alpha value is -2.97. The fourth-order valence-corrected chi connectivity index (χ4v) is 1.85. The van der Waals surface area contributed by atoms with Crippen LogP contribution < -0.4 is 5.32 Å². The predicted octanol–water partition coefficient (Wildman–Crippen LogP) is 2.54. The molecule has 0 saturated heterocycles. The van der Waals surface area contributed by atoms with E-state index in [1.54, 1.807) is 11.4 Å². The van der Waals surface area contributed by atoms with Gasteiger partial charge in [-0.2, -0.15) is 5.10 Å². The number of halogens is 4. The van der Waals surface area contributed by atoms with Crippen LogP contribution in [0.1, 0.15) is 10.4 Å². The molecule has 2 heterocycles. The van der Waals surface area contributed by atoms with E-state index in [1.807, 2.05) is 0 Å². The predicted molar refractivity (Wildman–Crippen MR) is 67.2 cm³/mol. The third-order valence-corrected chi connectivity index (χ3v) is 2.87. The lowest BCUT2D eigenvalue weighted by atomic mass is 10.2. The summed E-state index contributed by atoms with van der Waals surface area (Å²) in [7, 11) is 0. The monoisotopic (exact) mass is 310 g/mol. The Balaban J connectivity index is 2.02. The van der Waals surface area contributed by atoms with Crippen molar-refractivity contribution in [1.29, 1.82) is 0 Å². The van der Waals surface area contributed by atoms with E-state index in [9.17, 15) is 22.4 Å². The van der Waals surface area contributed by atoms with Crippen molar-refractivity contribution in [2.24, 2.45) is 0 Å². The van der Waals surface area contributed by atoms with Crippen molar-refractivity contribution in [1.82, 2.24) is 14.6 Å². The molecule has 0 aliphatic heterocycles. The van der Waals surface area contributed by atoms with Gasteiger partial charge in [0.25, 0.3) is 5.91 Å². The number of amides is 1. The average Bonchev–Trinajstić information content (AvgIpc) is 2.93. The van der Waals surface area contributed by atoms with Crippen molar-refractivity contribution in [3.05, 3.63) is 59.6 Å². The number of nitrogens with one attached hydrogen (secondary N) is 1. The van der Waals surface area contributed by atoms with Crippen LogP contribution in [-0.2, 0) is 0 Å². The third kappa shape index (κ3) is 2.16. The highest BCUT2D eigenvalue weighted by Gasteiger charge is 2.23. The minimum atomic E-state index is -1.70. The van der Waals surface area contributed by atoms with Gasteiger partial charge in [-0.15, -0.1) is 0 Å². The largest absolute Gasteiger partial charge is 0.317 e. The molecule has 0 aliphatic carbocycles. The zero-order valence-corrected chi connectivity index (χ0v) is 10.6. The molecule has 0 bridgehead atoms. The number of anilines is 1. The maximum atomic E-state index is 13.5. The Morgan fingerprint density at radius 3 is 2.50 bits per heavy atom. The van der Waals surface area contributed by atoms with Crippen molar-refractivity contribution in [3.63, 3.8) is 0 Å². The van der Waals surface area contributed by atoms with E-state index in [1.165, 1.54) is 16.9 Å². The molecule has 3 rings (SSSR count). The van der Waals surface area contributed by atoms with Gasteiger partial charge < -0.3 is 5.32 Å². The number of hydrogen-bond acceptors (Lipinski definition) is 3. The van der Waals surface area contributed by atoms with Gasteiger partial charge in [0.05, 0.1) is 6.20 Å². The molecule has 0 saturated carbocycles. The summed E-state index contributed by atoms with van der Waals surface area (Å²) >= 11 is 0. The van der Waals surface area contributed by atoms with Crippen LogP contribution in [0.3, 0.4) is 0 Å². The lowest BCUT2D eigenvalue weighted by molar-refractivity contribution is 0.102. The Labute approximate surface area is 120 Å². The molecule has 2 aromatic heterocycles. The van der Waals surface area contributed by atoms with Crippen molar-refractivity contribution in [2.45, 2.75) is 0 Å². The van der Waals surface area contributed by atoms with Crippen LogP contribution in [0.4, 0.5) is 23.2 Å². The van der Waals surface area contributed by atoms with E-state index in [4.69, 9.17) is 0 Å². The zero-order chi connectivity index (χ0) is 15.9. The highest BCUT2D eigenvalue weighted by molar-refractivity contribution is 6.08. The number of nitrogens with zero attached hydrogens (tertiary/aromatic N) is 3. The molecule has 1 N–H and O–H groups in total. The Bertz CT molecular complexity index is 867. The minimum absolute atomic E-state index is 0.0528. The molecule has 0 fully saturated rings. The van der Waals surface area contributed by atoms with Crippen LogP contribution in [0.25, 0.3) is 5.65 Å². The van der Waals surface area contributed by atoms with Crippen molar-refractivity contribution in [3.8, 4) is 0 Å². The number of fused-ring (bicyclic) bond motifs is 1. The van der Waals surface area contributed by atoms with Crippen LogP contribution in [-0.4, -0.2) is 20.5 Å². The summed E-state index contributed by atoms with van der Waals surface area (Å²) in [4.78, 5) is 15.9. The summed E-state index contributed by atoms with van der Waals surface area (Å²) in [6.07, 6.45) is 4.00. The van der Waals surface area contributed by atoms with Gasteiger partial charge in [-0.1, -0.05) is 0 Å². The third-order valence-electron chi connectivity index (χ3n) is 2.87. The minimum Gasteiger partial charge on any atom is -0.317 e. The first-order valence-corrected chi connectivity index (χ1v) is 5.91. The number of carbonyl (C=O) groups is 1. The smallest absolute Gasteiger partial charge is 0.261 e. The Morgan fingerprint density at radius 2 is 1.82 bits per heavy atom. The molecule has 1 amide bonds. The van der Waals surface area contributed by atoms with Gasteiger partial charge in [0.15, 0.2) is 28.9 Å². The van der Waals surface area contributed by atoms with Crippen LogP contribution >= 0.6 is 0 Å². The second-order valence-electron chi connectivity index (χ2n) is 4.24. The summed E-state index contributed by atoms with van der Waals surface area (Å²) in [5.41, 5.74) is -1.19. The van der Waals surface area contributed by atoms with E-state index in [0.717, 1.165) is 6.20 Å². The molecule has 5 nitrogen and oxygen atoms in total. The lowest BCUT2D eigenvalue weighted by Gasteiger charge is -2.08. The molecule has 112 valence electrons. The standard InChI is InChI=1S/C13H6F4N4O/c14-7-4-8(15)10(17)11(9(7)16)20-13(22)6-5-19-21-3-1-2-18-12(6)21/h1-5H,(H,20,22). The second kappa shape index (κ2) is 5.10. The Morgan fingerprint density at radius 1 is 1.14 bits per heavy atom. The molecule has 0 unspecified atom stereocenters. The van der Waals surface area contributed by atoms with Crippen LogP contribution in [0, 0.1) is 23.3 Å². The van der Waals surface area contributed by atoms with E-state index >= 15 is 0 Å². The van der Waals surface area contributed by atoms with Crippen molar-refractivity contribution < 1.29 is 22.4 Å². The number of aromatic nitrogens is 3. The summed E-state index contributed by atoms with van der Waals surface area (Å²) < 4.78 is 54.5. The number of benzene rings is 1. The first-order chi connectivity index (χ1) is 10.5. The maximum absolute atomic E-state index is 13.5. The molecule has 0 atom stereocenters. The summed E-state index contributed by atoms with van der Waals surface area (Å²) in [6, 6.07) is 1.61. The fraction of sp³-hybridized carbons (Fsp3) is 0. The van der Waals surface area contributed by atoms with Gasteiger partial charge in [-0.05, 0) is 6.07 Å². The molecule has 0 radical (unpaired) electrons. The summed E-state index contributed by atoms with van der Waals surface area (Å²) in [5.74, 6) is -7.63. The van der Waals surface area contributed by atoms with Gasteiger partial charge >= 0.3 is 0 Å². The van der Waals surface area contributed by atoms with Gasteiger partial charge in [0.2, 0.25) is 0 Å². The molecular weight excluding hydrogens is 304 g/mol. The molecule has 3 aromatic rings. The molecular formula is C13H6F4N4O. The van der Waals surface area contributed by atoms with Crippen molar-refractivity contribution in [2.75, 3.05) is 5.32 Å². The van der Waals surface area contributed by atoms with Gasteiger partial charge in [-0.3, -0.25) is 4.79 Å². The quantitative estimate of drug-likeness (QED) is 0.584. The van der Waals surface area contributed by atoms with Gasteiger partial charge in [0.1, 0.15) is 11.3 Å². The van der Waals surface area contributed by atoms with Crippen molar-refractivity contribution >= 4 is 17.2 Å². The molecule has 9 heteroatoms. The number of hydrogen-bond donors (Lipinski definition) is 1. The highest BCUT2D eigenvalue weighted by Crippen LogP contribution is 2.25. The fourth-order valence-electron chi connectivity index (χ4n) is 1.85. The molecule has 1 aromatic carbocycles. The SMILES string of the molecule is O=C(Nc1c(F)c(F)cc(F)c1F)c1cnn2cccnc12. The van der Waals surface area contributed by atoms with Crippen LogP contribution in [0.2, 0.25) is 0 Å². The molecule has 0 aliphatic rings. The summed E-state index contributed by atoms with van der Waals surface area (Å²) in [6.45, 7) is 0. The van der Waals surface area contributed by atoms with E-state index in [2.05, 4.69) is 10.1 Å². The number of rotatable bonds is 2. The van der Waals surface area contributed by atoms with Gasteiger partial charge in [0, 0.05) is 18.5 Å². The first kappa shape index (κ1) is 14.0. The topological polar surface area (TPSA) is 59.3 Å². The van der Waals surface area contributed by atoms with E-state index in [0.29, 0.717) is 0 Å². The zero-order valence-electron chi connectivity index (χ0n) is 10.6. The Kier molecular flexibility index (Phi) is 3.24. The molecule has 22 heavy (non-hydrogen) atoms. The first-order valence-electron chi connectivity index (χ1n) is 5.91. The lowest BCUT2D eigenvalue weighted by Crippen LogP contribution is -2.16. The second-order valence-corrected chi connectivity index (χ2v) is 4.24. The maximum Gasteiger partial charge on any atom is 0.261 e.